The number of nitrogens with zero attached hydrogens (tertiary/aromatic N) is 5. The van der Waals surface area contributed by atoms with E-state index in [2.05, 4.69) is 25.2 Å². The topological polar surface area (TPSA) is 296 Å². The van der Waals surface area contributed by atoms with E-state index in [-0.39, 0.29) is 35.1 Å². The molecule has 3 fully saturated rings. The van der Waals surface area contributed by atoms with Crippen molar-refractivity contribution in [3.63, 3.8) is 0 Å². The molecular weight excluding hydrogens is 756 g/mol. The molecule has 2 saturated heterocycles. The molecule has 54 heavy (non-hydrogen) atoms. The Bertz CT molecular complexity index is 1930. The number of aliphatic hydroxyl groups excluding tert-OH is 2. The predicted octanol–water partition coefficient (Wildman–Crippen LogP) is 0.246. The number of pyridine rings is 1. The van der Waals surface area contributed by atoms with E-state index in [4.69, 9.17) is 45.9 Å². The number of fused-ring (bicyclic) bond motifs is 1. The first-order valence-electron chi connectivity index (χ1n) is 17.0. The standard InChI is InChI=1S/C31H41N7O14P2/c1-2-11-46-26-25(47-13-18-7-4-3-5-8-18)21(51-31(26)37-10-6-9-19(12-37)28(33)41)15-49-54(44,45)52-53(42,43)48-14-20-23(39)24(40)30(50-20)38-17-36-22-27(32)34-16-35-29(22)38/h1,6,9-10,12,16-18,20-21,23-26,30-31,39-40H,3-5,7-8,11,13-15H2,(H5-,32,33,34,35,41,42,43,44,45)/p+1/t20-,21-,23-,24-,25-,26-,30-,31-/m1/s1. The summed E-state index contributed by atoms with van der Waals surface area (Å²) in [5, 5.41) is 21.3. The van der Waals surface area contributed by atoms with Crippen LogP contribution < -0.4 is 16.0 Å². The maximum Gasteiger partial charge on any atom is 0.481 e. The Morgan fingerprint density at radius 2 is 1.72 bits per heavy atom. The third-order valence-electron chi connectivity index (χ3n) is 9.30. The van der Waals surface area contributed by atoms with E-state index < -0.39 is 83.8 Å². The zero-order valence-electron chi connectivity index (χ0n) is 28.8. The zero-order chi connectivity index (χ0) is 38.6. The molecule has 3 aromatic heterocycles. The summed E-state index contributed by atoms with van der Waals surface area (Å²) >= 11 is 0. The van der Waals surface area contributed by atoms with Gasteiger partial charge < -0.3 is 50.4 Å². The lowest BCUT2D eigenvalue weighted by molar-refractivity contribution is -0.766. The molecular formula is C31H42N7O14P2+. The van der Waals surface area contributed by atoms with Gasteiger partial charge in [0.05, 0.1) is 26.1 Å². The second-order valence-electron chi connectivity index (χ2n) is 13.0. The average molecular weight is 799 g/mol. The van der Waals surface area contributed by atoms with Crippen LogP contribution in [0.15, 0.2) is 37.2 Å². The van der Waals surface area contributed by atoms with Gasteiger partial charge in [-0.3, -0.25) is 18.4 Å². The van der Waals surface area contributed by atoms with Crippen LogP contribution in [0.5, 0.6) is 0 Å². The summed E-state index contributed by atoms with van der Waals surface area (Å²) in [7, 11) is -10.8. The highest BCUT2D eigenvalue weighted by molar-refractivity contribution is 7.61. The summed E-state index contributed by atoms with van der Waals surface area (Å²) < 4.78 is 67.4. The lowest BCUT2D eigenvalue weighted by Crippen LogP contribution is -2.48. The van der Waals surface area contributed by atoms with Gasteiger partial charge in [0.15, 0.2) is 36.2 Å². The number of carbonyl (C=O) groups excluding carboxylic acids is 1. The Morgan fingerprint density at radius 1 is 1.00 bits per heavy atom. The van der Waals surface area contributed by atoms with E-state index in [9.17, 15) is 33.9 Å². The smallest absolute Gasteiger partial charge is 0.387 e. The second kappa shape index (κ2) is 17.1. The number of anilines is 1. The van der Waals surface area contributed by atoms with Gasteiger partial charge in [-0.15, -0.1) is 6.42 Å². The minimum Gasteiger partial charge on any atom is -0.387 e. The van der Waals surface area contributed by atoms with Crippen molar-refractivity contribution in [1.82, 2.24) is 19.5 Å². The molecule has 6 rings (SSSR count). The van der Waals surface area contributed by atoms with E-state index >= 15 is 0 Å². The highest BCUT2D eigenvalue weighted by Crippen LogP contribution is 2.61. The number of aliphatic hydroxyl groups is 2. The van der Waals surface area contributed by atoms with Crippen molar-refractivity contribution in [2.45, 2.75) is 81.2 Å². The van der Waals surface area contributed by atoms with E-state index in [1.165, 1.54) is 34.1 Å². The van der Waals surface area contributed by atoms with Crippen LogP contribution in [0.3, 0.4) is 0 Å². The van der Waals surface area contributed by atoms with Crippen molar-refractivity contribution in [2.24, 2.45) is 11.7 Å². The van der Waals surface area contributed by atoms with Gasteiger partial charge in [0.25, 0.3) is 12.1 Å². The van der Waals surface area contributed by atoms with Crippen LogP contribution in [0, 0.1) is 18.3 Å². The molecule has 294 valence electrons. The highest BCUT2D eigenvalue weighted by atomic mass is 31.3. The molecule has 2 aliphatic heterocycles. The number of carbonyl (C=O) groups is 1. The van der Waals surface area contributed by atoms with Crippen molar-refractivity contribution in [3.8, 4) is 12.3 Å². The Balaban J connectivity index is 1.11. The van der Waals surface area contributed by atoms with Gasteiger partial charge in [0.2, 0.25) is 0 Å². The number of primary amides is 1. The number of hydrogen-bond donors (Lipinski definition) is 6. The molecule has 0 radical (unpaired) electrons. The fraction of sp³-hybridized carbons (Fsp3) is 0.581. The number of terminal acetylenes is 1. The van der Waals surface area contributed by atoms with E-state index in [1.54, 1.807) is 12.3 Å². The monoisotopic (exact) mass is 798 g/mol. The van der Waals surface area contributed by atoms with Gasteiger partial charge in [-0.1, -0.05) is 25.2 Å². The molecule has 5 heterocycles. The highest BCUT2D eigenvalue weighted by Gasteiger charge is 2.53. The average Bonchev–Trinajstić information content (AvgIpc) is 3.81. The third-order valence-corrected chi connectivity index (χ3v) is 11.9. The molecule has 0 aromatic carbocycles. The Hall–Kier alpha value is -3.45. The summed E-state index contributed by atoms with van der Waals surface area (Å²) in [6, 6.07) is 3.07. The molecule has 1 amide bonds. The third kappa shape index (κ3) is 9.32. The van der Waals surface area contributed by atoms with Crippen LogP contribution in [0.25, 0.3) is 11.2 Å². The van der Waals surface area contributed by atoms with Gasteiger partial charge in [-0.05, 0) is 24.8 Å². The van der Waals surface area contributed by atoms with E-state index in [0.29, 0.717) is 6.61 Å². The van der Waals surface area contributed by atoms with Crippen molar-refractivity contribution in [1.29, 1.82) is 0 Å². The number of ether oxygens (including phenoxy) is 4. The molecule has 3 aromatic rings. The van der Waals surface area contributed by atoms with Gasteiger partial charge in [0.1, 0.15) is 54.5 Å². The number of rotatable bonds is 16. The van der Waals surface area contributed by atoms with Crippen LogP contribution in [0.1, 0.15) is 54.9 Å². The Kier molecular flexibility index (Phi) is 12.8. The van der Waals surface area contributed by atoms with E-state index in [0.717, 1.165) is 32.1 Å². The maximum absolute atomic E-state index is 13.0. The maximum atomic E-state index is 13.0. The Labute approximate surface area is 308 Å². The summed E-state index contributed by atoms with van der Waals surface area (Å²) in [4.78, 5) is 44.8. The summed E-state index contributed by atoms with van der Waals surface area (Å²) in [6.45, 7) is -1.40. The van der Waals surface area contributed by atoms with Crippen LogP contribution >= 0.6 is 15.6 Å². The van der Waals surface area contributed by atoms with Crippen LogP contribution in [-0.2, 0) is 41.4 Å². The molecule has 0 bridgehead atoms. The fourth-order valence-corrected chi connectivity index (χ4v) is 8.76. The summed E-state index contributed by atoms with van der Waals surface area (Å²) in [5.41, 5.74) is 11.8. The number of nitrogens with two attached hydrogens (primary N) is 2. The van der Waals surface area contributed by atoms with Crippen molar-refractivity contribution in [3.05, 3.63) is 42.7 Å². The molecule has 0 spiro atoms. The lowest BCUT2D eigenvalue weighted by atomic mass is 9.90. The fourth-order valence-electron chi connectivity index (χ4n) is 6.67. The normalized spacial score (nSPS) is 29.8. The largest absolute Gasteiger partial charge is 0.481 e. The number of phosphoric ester groups is 2. The van der Waals surface area contributed by atoms with Gasteiger partial charge in [-0.2, -0.15) is 8.88 Å². The van der Waals surface area contributed by atoms with Crippen molar-refractivity contribution >= 4 is 38.5 Å². The Morgan fingerprint density at radius 3 is 2.43 bits per heavy atom. The summed E-state index contributed by atoms with van der Waals surface area (Å²) in [5.74, 6) is 2.01. The van der Waals surface area contributed by atoms with Crippen LogP contribution in [-0.4, -0.2) is 108 Å². The molecule has 2 unspecified atom stereocenters. The number of hydrogen-bond acceptors (Lipinski definition) is 16. The van der Waals surface area contributed by atoms with Crippen molar-refractivity contribution < 1.29 is 70.8 Å². The number of amides is 1. The minimum atomic E-state index is -5.38. The SMILES string of the molecule is C#CCO[C@@H]1[C@H](OCC2CCCCC2)[C@@H](COP(=O)(O)OP(=O)(O)OC[C@H]2O[C@@H](n3cnc4c(N)ncnc43)[C@H](O)[C@@H]2O)O[C@H]1[n+]1cccc(C(N)=O)c1. The molecule has 1 aliphatic carbocycles. The first kappa shape index (κ1) is 40.2. The lowest BCUT2D eigenvalue weighted by Gasteiger charge is -2.27. The first-order chi connectivity index (χ1) is 25.8. The number of phosphoric acid groups is 2. The molecule has 23 heteroatoms. The van der Waals surface area contributed by atoms with E-state index in [1.807, 2.05) is 0 Å². The van der Waals surface area contributed by atoms with Gasteiger partial charge in [-0.25, -0.2) is 24.1 Å². The molecule has 10 atom stereocenters. The molecule has 1 saturated carbocycles. The van der Waals surface area contributed by atoms with Crippen LogP contribution in [0.4, 0.5) is 5.82 Å². The number of nitrogen functional groups attached to an aromatic ring is 1. The quantitative estimate of drug-likeness (QED) is 0.0643. The molecule has 3 aliphatic rings. The van der Waals surface area contributed by atoms with Gasteiger partial charge >= 0.3 is 15.6 Å². The predicted molar refractivity (Wildman–Crippen MR) is 182 cm³/mol. The molecule has 8 N–H and O–H groups in total. The van der Waals surface area contributed by atoms with Crippen molar-refractivity contribution in [2.75, 3.05) is 32.2 Å². The number of imidazole rings is 1. The number of aromatic nitrogens is 5. The molecule has 21 nitrogen and oxygen atoms in total. The van der Waals surface area contributed by atoms with Gasteiger partial charge in [0, 0.05) is 6.07 Å². The minimum absolute atomic E-state index is 0.0633. The van der Waals surface area contributed by atoms with Crippen LogP contribution in [0.2, 0.25) is 0 Å². The zero-order valence-corrected chi connectivity index (χ0v) is 30.5. The first-order valence-corrected chi connectivity index (χ1v) is 20.0. The summed E-state index contributed by atoms with van der Waals surface area (Å²) in [6.07, 6.45) is 6.22. The second-order valence-corrected chi connectivity index (χ2v) is 16.0.